The molecule has 0 aromatic carbocycles. The van der Waals surface area contributed by atoms with Gasteiger partial charge in [-0.15, -0.1) is 0 Å². The molecule has 0 heterocycles. The summed E-state index contributed by atoms with van der Waals surface area (Å²) < 4.78 is 0. The van der Waals surface area contributed by atoms with Gasteiger partial charge in [0, 0.05) is 19.6 Å². The van der Waals surface area contributed by atoms with Gasteiger partial charge in [-0.05, 0) is 12.8 Å². The standard InChI is InChI=1S/C12H22N2O3/c1-2-3-4-6-10(9-11(13)16)12(17)14-7-5-8-15/h4,6,10,15H,2-3,5,7-9H2,1H3,(H2,13,16)(H,14,17). The first-order chi connectivity index (χ1) is 8.11. The summed E-state index contributed by atoms with van der Waals surface area (Å²) >= 11 is 0. The molecule has 5 heteroatoms. The van der Waals surface area contributed by atoms with E-state index in [-0.39, 0.29) is 18.9 Å². The van der Waals surface area contributed by atoms with Crippen molar-refractivity contribution in [2.75, 3.05) is 13.2 Å². The van der Waals surface area contributed by atoms with Crippen LogP contribution in [0.15, 0.2) is 12.2 Å². The number of nitrogens with one attached hydrogen (secondary N) is 1. The third kappa shape index (κ3) is 8.45. The molecule has 0 rings (SSSR count). The smallest absolute Gasteiger partial charge is 0.227 e. The Bertz CT molecular complexity index is 264. The van der Waals surface area contributed by atoms with Gasteiger partial charge in [-0.25, -0.2) is 0 Å². The monoisotopic (exact) mass is 242 g/mol. The molecule has 0 saturated carbocycles. The Morgan fingerprint density at radius 1 is 1.47 bits per heavy atom. The van der Waals surface area contributed by atoms with Crippen molar-refractivity contribution in [1.29, 1.82) is 0 Å². The first-order valence-corrected chi connectivity index (χ1v) is 5.95. The lowest BCUT2D eigenvalue weighted by atomic mass is 10.0. The topological polar surface area (TPSA) is 92.4 Å². The van der Waals surface area contributed by atoms with E-state index in [1.807, 2.05) is 13.0 Å². The normalized spacial score (nSPS) is 12.6. The van der Waals surface area contributed by atoms with Crippen LogP contribution in [0.2, 0.25) is 0 Å². The van der Waals surface area contributed by atoms with E-state index < -0.39 is 11.8 Å². The van der Waals surface area contributed by atoms with Crippen LogP contribution in [-0.2, 0) is 9.59 Å². The lowest BCUT2D eigenvalue weighted by Gasteiger charge is -2.11. The second-order valence-electron chi connectivity index (χ2n) is 3.86. The first kappa shape index (κ1) is 15.6. The Kier molecular flexibility index (Phi) is 9.05. The molecular weight excluding hydrogens is 220 g/mol. The van der Waals surface area contributed by atoms with Crippen molar-refractivity contribution in [3.8, 4) is 0 Å². The largest absolute Gasteiger partial charge is 0.396 e. The average molecular weight is 242 g/mol. The van der Waals surface area contributed by atoms with E-state index in [1.165, 1.54) is 0 Å². The summed E-state index contributed by atoms with van der Waals surface area (Å²) in [6, 6.07) is 0. The van der Waals surface area contributed by atoms with Crippen LogP contribution in [0, 0.1) is 5.92 Å². The Hall–Kier alpha value is -1.36. The number of nitrogens with two attached hydrogens (primary N) is 1. The molecule has 0 spiro atoms. The van der Waals surface area contributed by atoms with Crippen LogP contribution in [0.4, 0.5) is 0 Å². The number of aliphatic hydroxyl groups is 1. The van der Waals surface area contributed by atoms with Gasteiger partial charge in [0.15, 0.2) is 0 Å². The van der Waals surface area contributed by atoms with E-state index in [2.05, 4.69) is 5.32 Å². The zero-order chi connectivity index (χ0) is 13.1. The van der Waals surface area contributed by atoms with Crippen LogP contribution in [0.3, 0.4) is 0 Å². The average Bonchev–Trinajstić information content (AvgIpc) is 2.27. The molecule has 4 N–H and O–H groups in total. The molecule has 0 fully saturated rings. The van der Waals surface area contributed by atoms with Crippen LogP contribution < -0.4 is 11.1 Å². The number of amides is 2. The SMILES string of the molecule is CCCC=CC(CC(N)=O)C(=O)NCCCO. The quantitative estimate of drug-likeness (QED) is 0.402. The summed E-state index contributed by atoms with van der Waals surface area (Å²) in [6.45, 7) is 2.48. The highest BCUT2D eigenvalue weighted by molar-refractivity contribution is 5.86. The summed E-state index contributed by atoms with van der Waals surface area (Å²) in [5.41, 5.74) is 5.10. The van der Waals surface area contributed by atoms with Gasteiger partial charge in [-0.2, -0.15) is 0 Å². The van der Waals surface area contributed by atoms with Crippen molar-refractivity contribution >= 4 is 11.8 Å². The van der Waals surface area contributed by atoms with Crippen molar-refractivity contribution in [2.24, 2.45) is 11.7 Å². The number of rotatable bonds is 9. The summed E-state index contributed by atoms with van der Waals surface area (Å²) in [5, 5.41) is 11.3. The molecule has 98 valence electrons. The maximum absolute atomic E-state index is 11.7. The highest BCUT2D eigenvalue weighted by Crippen LogP contribution is 2.06. The molecule has 17 heavy (non-hydrogen) atoms. The minimum Gasteiger partial charge on any atom is -0.396 e. The molecule has 1 unspecified atom stereocenters. The van der Waals surface area contributed by atoms with Gasteiger partial charge in [0.2, 0.25) is 11.8 Å². The summed E-state index contributed by atoms with van der Waals surface area (Å²) in [4.78, 5) is 22.5. The summed E-state index contributed by atoms with van der Waals surface area (Å²) in [5.74, 6) is -1.21. The van der Waals surface area contributed by atoms with Gasteiger partial charge in [0.05, 0.1) is 5.92 Å². The molecule has 2 amide bonds. The Morgan fingerprint density at radius 3 is 2.71 bits per heavy atom. The highest BCUT2D eigenvalue weighted by Gasteiger charge is 2.16. The fourth-order valence-electron chi connectivity index (χ4n) is 1.31. The number of allylic oxidation sites excluding steroid dienone is 1. The minimum atomic E-state index is -0.502. The molecule has 0 saturated heterocycles. The number of aliphatic hydroxyl groups excluding tert-OH is 1. The third-order valence-corrected chi connectivity index (χ3v) is 2.22. The van der Waals surface area contributed by atoms with Crippen molar-refractivity contribution in [3.63, 3.8) is 0 Å². The van der Waals surface area contributed by atoms with E-state index in [0.29, 0.717) is 13.0 Å². The molecule has 0 aliphatic carbocycles. The van der Waals surface area contributed by atoms with E-state index in [4.69, 9.17) is 10.8 Å². The maximum Gasteiger partial charge on any atom is 0.227 e. The fourth-order valence-corrected chi connectivity index (χ4v) is 1.31. The number of hydrogen-bond donors (Lipinski definition) is 3. The van der Waals surface area contributed by atoms with Crippen molar-refractivity contribution in [2.45, 2.75) is 32.6 Å². The molecule has 1 atom stereocenters. The second kappa shape index (κ2) is 9.84. The van der Waals surface area contributed by atoms with Gasteiger partial charge >= 0.3 is 0 Å². The summed E-state index contributed by atoms with van der Waals surface area (Å²) in [6.07, 6.45) is 6.01. The third-order valence-electron chi connectivity index (χ3n) is 2.22. The van der Waals surface area contributed by atoms with E-state index in [9.17, 15) is 9.59 Å². The Labute approximate surface area is 102 Å². The van der Waals surface area contributed by atoms with Gasteiger partial charge in [-0.1, -0.05) is 25.5 Å². The predicted octanol–water partition coefficient (Wildman–Crippen LogP) is 0.333. The summed E-state index contributed by atoms with van der Waals surface area (Å²) in [7, 11) is 0. The number of carbonyl (C=O) groups excluding carboxylic acids is 2. The van der Waals surface area contributed by atoms with E-state index in [0.717, 1.165) is 12.8 Å². The van der Waals surface area contributed by atoms with Gasteiger partial charge in [0.1, 0.15) is 0 Å². The van der Waals surface area contributed by atoms with Crippen LogP contribution in [0.5, 0.6) is 0 Å². The predicted molar refractivity (Wildman–Crippen MR) is 66.1 cm³/mol. The number of primary amides is 1. The van der Waals surface area contributed by atoms with Crippen LogP contribution in [-0.4, -0.2) is 30.1 Å². The number of carbonyl (C=O) groups is 2. The zero-order valence-electron chi connectivity index (χ0n) is 10.3. The molecule has 0 aliphatic heterocycles. The molecule has 0 bridgehead atoms. The van der Waals surface area contributed by atoms with E-state index >= 15 is 0 Å². The maximum atomic E-state index is 11.7. The van der Waals surface area contributed by atoms with Gasteiger partial charge < -0.3 is 16.2 Å². The van der Waals surface area contributed by atoms with E-state index in [1.54, 1.807) is 6.08 Å². The molecule has 0 radical (unpaired) electrons. The molecule has 0 aliphatic rings. The lowest BCUT2D eigenvalue weighted by molar-refractivity contribution is -0.127. The fraction of sp³-hybridized carbons (Fsp3) is 0.667. The lowest BCUT2D eigenvalue weighted by Crippen LogP contribution is -2.33. The van der Waals surface area contributed by atoms with Gasteiger partial charge in [-0.3, -0.25) is 9.59 Å². The minimum absolute atomic E-state index is 0.0190. The molecular formula is C12H22N2O3. The molecule has 0 aromatic heterocycles. The zero-order valence-corrected chi connectivity index (χ0v) is 10.3. The molecule has 0 aromatic rings. The Balaban J connectivity index is 4.24. The number of hydrogen-bond acceptors (Lipinski definition) is 3. The first-order valence-electron chi connectivity index (χ1n) is 5.95. The van der Waals surface area contributed by atoms with Crippen molar-refractivity contribution in [1.82, 2.24) is 5.32 Å². The van der Waals surface area contributed by atoms with Crippen molar-refractivity contribution < 1.29 is 14.7 Å². The number of unbranched alkanes of at least 4 members (excludes halogenated alkanes) is 1. The van der Waals surface area contributed by atoms with Crippen molar-refractivity contribution in [3.05, 3.63) is 12.2 Å². The molecule has 5 nitrogen and oxygen atoms in total. The van der Waals surface area contributed by atoms with Crippen LogP contribution in [0.25, 0.3) is 0 Å². The van der Waals surface area contributed by atoms with Crippen LogP contribution in [0.1, 0.15) is 32.6 Å². The highest BCUT2D eigenvalue weighted by atomic mass is 16.3. The van der Waals surface area contributed by atoms with Gasteiger partial charge in [0.25, 0.3) is 0 Å². The Morgan fingerprint density at radius 2 is 2.18 bits per heavy atom. The second-order valence-corrected chi connectivity index (χ2v) is 3.86. The van der Waals surface area contributed by atoms with Crippen LogP contribution >= 0.6 is 0 Å².